The van der Waals surface area contributed by atoms with Crippen LogP contribution < -0.4 is 16.2 Å². The zero-order chi connectivity index (χ0) is 14.8. The monoisotopic (exact) mass is 363 g/mol. The number of rotatable bonds is 4. The third kappa shape index (κ3) is 2.99. The molecule has 3 rings (SSSR count). The van der Waals surface area contributed by atoms with E-state index in [1.165, 1.54) is 5.56 Å². The highest BCUT2D eigenvalue weighted by Gasteiger charge is 2.12. The van der Waals surface area contributed by atoms with Crippen molar-refractivity contribution < 1.29 is 0 Å². The summed E-state index contributed by atoms with van der Waals surface area (Å²) in [6.45, 7) is 0.763. The Bertz CT molecular complexity index is 756. The summed E-state index contributed by atoms with van der Waals surface area (Å²) in [4.78, 5) is 11.9. The number of nitrogen functional groups attached to an aromatic ring is 1. The van der Waals surface area contributed by atoms with Crippen LogP contribution in [0.2, 0.25) is 0 Å². The summed E-state index contributed by atoms with van der Waals surface area (Å²) >= 11 is 5.02. The van der Waals surface area contributed by atoms with Gasteiger partial charge in [0.2, 0.25) is 5.95 Å². The van der Waals surface area contributed by atoms with Crippen LogP contribution in [0.15, 0.2) is 40.2 Å². The number of benzene rings is 1. The van der Waals surface area contributed by atoms with E-state index in [1.807, 2.05) is 30.6 Å². The summed E-state index contributed by atoms with van der Waals surface area (Å²) < 4.78 is 1.07. The highest BCUT2D eigenvalue weighted by Crippen LogP contribution is 2.29. The van der Waals surface area contributed by atoms with Crippen molar-refractivity contribution >= 4 is 49.2 Å². The number of fused-ring (bicyclic) bond motifs is 1. The third-order valence-electron chi connectivity index (χ3n) is 3.13. The fourth-order valence-corrected chi connectivity index (χ4v) is 3.16. The average molecular weight is 364 g/mol. The fourth-order valence-electron chi connectivity index (χ4n) is 2.13. The molecule has 2 aromatic heterocycles. The first-order valence-corrected chi connectivity index (χ1v) is 8.02. The number of hydrazine groups is 1. The molecular formula is C14H14BrN5S. The first kappa shape index (κ1) is 14.2. The van der Waals surface area contributed by atoms with Crippen LogP contribution in [0.1, 0.15) is 5.56 Å². The van der Waals surface area contributed by atoms with Crippen LogP contribution in [0.5, 0.6) is 0 Å². The maximum atomic E-state index is 5.45. The van der Waals surface area contributed by atoms with Crippen molar-refractivity contribution in [1.82, 2.24) is 9.97 Å². The maximum absolute atomic E-state index is 5.45. The Hall–Kier alpha value is -1.70. The number of nitrogens with one attached hydrogen (secondary N) is 1. The highest BCUT2D eigenvalue weighted by atomic mass is 79.9. The number of nitrogens with two attached hydrogens (primary N) is 1. The number of aromatic nitrogens is 2. The molecule has 5 nitrogen and oxygen atoms in total. The second-order valence-electron chi connectivity index (χ2n) is 4.64. The molecule has 0 bridgehead atoms. The fraction of sp³-hybridized carbons (Fsp3) is 0.143. The van der Waals surface area contributed by atoms with Gasteiger partial charge in [0.25, 0.3) is 0 Å². The molecule has 0 aliphatic heterocycles. The molecule has 0 saturated carbocycles. The standard InChI is InChI=1S/C14H14BrN5S/c1-20(8-9-2-4-10(15)5-3-9)12-11-6-7-21-13(11)18-14(17-12)19-16/h2-7H,8,16H2,1H3,(H,17,18,19). The van der Waals surface area contributed by atoms with Gasteiger partial charge in [0.15, 0.2) is 0 Å². The third-order valence-corrected chi connectivity index (χ3v) is 4.46. The largest absolute Gasteiger partial charge is 0.355 e. The quantitative estimate of drug-likeness (QED) is 0.549. The average Bonchev–Trinajstić information content (AvgIpc) is 2.96. The van der Waals surface area contributed by atoms with Gasteiger partial charge >= 0.3 is 0 Å². The smallest absolute Gasteiger partial charge is 0.240 e. The zero-order valence-electron chi connectivity index (χ0n) is 11.4. The van der Waals surface area contributed by atoms with Crippen LogP contribution in [-0.4, -0.2) is 17.0 Å². The van der Waals surface area contributed by atoms with Gasteiger partial charge in [-0.1, -0.05) is 28.1 Å². The normalized spacial score (nSPS) is 10.8. The summed E-state index contributed by atoms with van der Waals surface area (Å²) in [5.74, 6) is 6.76. The first-order valence-electron chi connectivity index (χ1n) is 6.35. The van der Waals surface area contributed by atoms with Crippen LogP contribution in [0.3, 0.4) is 0 Å². The molecule has 0 unspecified atom stereocenters. The van der Waals surface area contributed by atoms with Crippen LogP contribution in [0.4, 0.5) is 11.8 Å². The lowest BCUT2D eigenvalue weighted by atomic mass is 10.2. The summed E-state index contributed by atoms with van der Waals surface area (Å²) in [5, 5.41) is 3.05. The molecule has 0 spiro atoms. The molecule has 0 fully saturated rings. The predicted octanol–water partition coefficient (Wildman–Crippen LogP) is 3.38. The summed E-state index contributed by atoms with van der Waals surface area (Å²) in [7, 11) is 2.02. The summed E-state index contributed by atoms with van der Waals surface area (Å²) in [6.07, 6.45) is 0. The predicted molar refractivity (Wildman–Crippen MR) is 91.5 cm³/mol. The lowest BCUT2D eigenvalue weighted by molar-refractivity contribution is 0.900. The van der Waals surface area contributed by atoms with Crippen molar-refractivity contribution in [1.29, 1.82) is 0 Å². The Balaban J connectivity index is 1.94. The molecule has 21 heavy (non-hydrogen) atoms. The minimum atomic E-state index is 0.433. The Morgan fingerprint density at radius 1 is 1.24 bits per heavy atom. The zero-order valence-corrected chi connectivity index (χ0v) is 13.8. The van der Waals surface area contributed by atoms with Gasteiger partial charge in [-0.15, -0.1) is 11.3 Å². The molecule has 0 saturated heterocycles. The van der Waals surface area contributed by atoms with E-state index in [0.717, 1.165) is 27.1 Å². The van der Waals surface area contributed by atoms with Crippen molar-refractivity contribution in [2.75, 3.05) is 17.4 Å². The van der Waals surface area contributed by atoms with E-state index in [9.17, 15) is 0 Å². The van der Waals surface area contributed by atoms with Crippen molar-refractivity contribution in [3.63, 3.8) is 0 Å². The van der Waals surface area contributed by atoms with Crippen molar-refractivity contribution in [3.8, 4) is 0 Å². The molecule has 0 aliphatic carbocycles. The van der Waals surface area contributed by atoms with Gasteiger partial charge in [-0.25, -0.2) is 10.8 Å². The second-order valence-corrected chi connectivity index (χ2v) is 6.45. The van der Waals surface area contributed by atoms with E-state index >= 15 is 0 Å². The Morgan fingerprint density at radius 3 is 2.71 bits per heavy atom. The molecule has 108 valence electrons. The second kappa shape index (κ2) is 5.97. The van der Waals surface area contributed by atoms with Crippen molar-refractivity contribution in [3.05, 3.63) is 45.7 Å². The maximum Gasteiger partial charge on any atom is 0.240 e. The van der Waals surface area contributed by atoms with E-state index in [1.54, 1.807) is 11.3 Å². The topological polar surface area (TPSA) is 67.1 Å². The van der Waals surface area contributed by atoms with Gasteiger partial charge < -0.3 is 4.90 Å². The molecular weight excluding hydrogens is 350 g/mol. The van der Waals surface area contributed by atoms with Crippen molar-refractivity contribution in [2.24, 2.45) is 5.84 Å². The molecule has 1 aromatic carbocycles. The molecule has 0 amide bonds. The summed E-state index contributed by atoms with van der Waals surface area (Å²) in [5.41, 5.74) is 3.74. The SMILES string of the molecule is CN(Cc1ccc(Br)cc1)c1nc(NN)nc2sccc12. The van der Waals surface area contributed by atoms with E-state index in [4.69, 9.17) is 5.84 Å². The number of anilines is 2. The molecule has 7 heteroatoms. The van der Waals surface area contributed by atoms with Gasteiger partial charge in [0.05, 0.1) is 5.39 Å². The Kier molecular flexibility index (Phi) is 4.05. The number of hydrogen-bond acceptors (Lipinski definition) is 6. The molecule has 0 radical (unpaired) electrons. The van der Waals surface area contributed by atoms with E-state index in [2.05, 4.69) is 48.4 Å². The molecule has 3 aromatic rings. The van der Waals surface area contributed by atoms with Crippen LogP contribution in [-0.2, 0) is 6.54 Å². The van der Waals surface area contributed by atoms with E-state index < -0.39 is 0 Å². The lowest BCUT2D eigenvalue weighted by Gasteiger charge is -2.19. The molecule has 2 heterocycles. The number of nitrogens with zero attached hydrogens (tertiary/aromatic N) is 3. The van der Waals surface area contributed by atoms with Gasteiger partial charge in [-0.05, 0) is 29.1 Å². The first-order chi connectivity index (χ1) is 10.2. The van der Waals surface area contributed by atoms with Crippen LogP contribution in [0, 0.1) is 0 Å². The van der Waals surface area contributed by atoms with Crippen LogP contribution in [0.25, 0.3) is 10.2 Å². The Morgan fingerprint density at radius 2 is 2.00 bits per heavy atom. The number of halogens is 1. The van der Waals surface area contributed by atoms with E-state index in [0.29, 0.717) is 5.95 Å². The Labute approximate surface area is 134 Å². The number of hydrogen-bond donors (Lipinski definition) is 2. The molecule has 0 atom stereocenters. The molecule has 3 N–H and O–H groups in total. The number of thiophene rings is 1. The molecule has 0 aliphatic rings. The van der Waals surface area contributed by atoms with Crippen molar-refractivity contribution in [2.45, 2.75) is 6.54 Å². The van der Waals surface area contributed by atoms with Crippen LogP contribution >= 0.6 is 27.3 Å². The van der Waals surface area contributed by atoms with Gasteiger partial charge in [0, 0.05) is 18.1 Å². The lowest BCUT2D eigenvalue weighted by Crippen LogP contribution is -2.20. The van der Waals surface area contributed by atoms with Gasteiger partial charge in [-0.2, -0.15) is 4.98 Å². The minimum Gasteiger partial charge on any atom is -0.355 e. The van der Waals surface area contributed by atoms with Gasteiger partial charge in [0.1, 0.15) is 10.6 Å². The highest BCUT2D eigenvalue weighted by molar-refractivity contribution is 9.10. The summed E-state index contributed by atoms with van der Waals surface area (Å²) in [6, 6.07) is 10.3. The van der Waals surface area contributed by atoms with E-state index in [-0.39, 0.29) is 0 Å². The minimum absolute atomic E-state index is 0.433. The van der Waals surface area contributed by atoms with Gasteiger partial charge in [-0.3, -0.25) is 5.43 Å².